The van der Waals surface area contributed by atoms with E-state index in [1.54, 1.807) is 52.3 Å². The summed E-state index contributed by atoms with van der Waals surface area (Å²) in [6.07, 6.45) is 1.08. The molecular weight excluding hydrogens is 616 g/mol. The Balaban J connectivity index is 1.54. The Bertz CT molecular complexity index is 1750. The van der Waals surface area contributed by atoms with Gasteiger partial charge in [-0.05, 0) is 90.9 Å². The maximum absolute atomic E-state index is 13.6. The van der Waals surface area contributed by atoms with E-state index in [0.717, 1.165) is 40.0 Å². The van der Waals surface area contributed by atoms with E-state index in [4.69, 9.17) is 18.9 Å². The van der Waals surface area contributed by atoms with Crippen LogP contribution in [0.25, 0.3) is 0 Å². The SMILES string of the molecule is CCC(C)(Oc1ccc(C(C)(C)c2ccc(C(C)(CC)OC)cc2)cc1C(=O)O)C(=O)Oc1ccc(C(C)(C)c2ccc(OC)cc2)cc1. The normalized spacial score (nSPS) is 14.3. The Kier molecular flexibility index (Phi) is 11.0. The summed E-state index contributed by atoms with van der Waals surface area (Å²) in [6.45, 7) is 15.9. The number of carbonyl (C=O) groups is 2. The molecule has 4 rings (SSSR count). The summed E-state index contributed by atoms with van der Waals surface area (Å²) in [7, 11) is 3.36. The van der Waals surface area contributed by atoms with Gasteiger partial charge in [0.2, 0.25) is 5.60 Å². The molecule has 2 atom stereocenters. The van der Waals surface area contributed by atoms with Gasteiger partial charge in [0.15, 0.2) is 0 Å². The van der Waals surface area contributed by atoms with Crippen LogP contribution < -0.4 is 14.2 Å². The van der Waals surface area contributed by atoms with Gasteiger partial charge in [-0.2, -0.15) is 0 Å². The average molecular weight is 667 g/mol. The van der Waals surface area contributed by atoms with Gasteiger partial charge in [-0.15, -0.1) is 0 Å². The monoisotopic (exact) mass is 666 g/mol. The maximum atomic E-state index is 13.6. The van der Waals surface area contributed by atoms with Crippen molar-refractivity contribution in [2.75, 3.05) is 14.2 Å². The number of esters is 1. The molecule has 0 amide bonds. The summed E-state index contributed by atoms with van der Waals surface area (Å²) >= 11 is 0. The van der Waals surface area contributed by atoms with Gasteiger partial charge in [-0.3, -0.25) is 0 Å². The number of benzene rings is 4. The van der Waals surface area contributed by atoms with Crippen LogP contribution in [-0.4, -0.2) is 36.9 Å². The summed E-state index contributed by atoms with van der Waals surface area (Å²) in [6, 6.07) is 28.7. The van der Waals surface area contributed by atoms with E-state index in [1.807, 2.05) is 42.5 Å². The van der Waals surface area contributed by atoms with Crippen molar-refractivity contribution >= 4 is 11.9 Å². The number of hydrogen-bond acceptors (Lipinski definition) is 6. The van der Waals surface area contributed by atoms with Crippen molar-refractivity contribution in [2.24, 2.45) is 0 Å². The molecule has 0 heterocycles. The molecule has 0 aliphatic carbocycles. The topological polar surface area (TPSA) is 91.3 Å². The molecule has 0 spiro atoms. The van der Waals surface area contributed by atoms with Crippen LogP contribution in [0.15, 0.2) is 91.0 Å². The lowest BCUT2D eigenvalue weighted by Gasteiger charge is -2.31. The fourth-order valence-electron chi connectivity index (χ4n) is 5.88. The van der Waals surface area contributed by atoms with Crippen molar-refractivity contribution in [3.63, 3.8) is 0 Å². The van der Waals surface area contributed by atoms with Gasteiger partial charge >= 0.3 is 11.9 Å². The number of hydrogen-bond donors (Lipinski definition) is 1. The van der Waals surface area contributed by atoms with E-state index in [2.05, 4.69) is 65.8 Å². The number of carboxylic acid groups (broad SMARTS) is 1. The van der Waals surface area contributed by atoms with E-state index < -0.39 is 23.0 Å². The minimum Gasteiger partial charge on any atom is -0.497 e. The maximum Gasteiger partial charge on any atom is 0.355 e. The Labute approximate surface area is 291 Å². The van der Waals surface area contributed by atoms with Crippen molar-refractivity contribution in [3.8, 4) is 17.2 Å². The highest BCUT2D eigenvalue weighted by Gasteiger charge is 2.38. The van der Waals surface area contributed by atoms with Crippen LogP contribution in [0.4, 0.5) is 0 Å². The third-order valence-corrected chi connectivity index (χ3v) is 10.3. The Morgan fingerprint density at radius 2 is 1.06 bits per heavy atom. The molecule has 4 aromatic carbocycles. The number of rotatable bonds is 14. The van der Waals surface area contributed by atoms with Crippen LogP contribution in [0.3, 0.4) is 0 Å². The van der Waals surface area contributed by atoms with Crippen molar-refractivity contribution in [3.05, 3.63) is 124 Å². The Hall–Kier alpha value is -4.62. The molecule has 1 N–H and O–H groups in total. The fourth-order valence-corrected chi connectivity index (χ4v) is 5.88. The molecule has 0 fully saturated rings. The minimum atomic E-state index is -1.44. The second-order valence-corrected chi connectivity index (χ2v) is 14.0. The predicted molar refractivity (Wildman–Crippen MR) is 193 cm³/mol. The molecule has 2 unspecified atom stereocenters. The van der Waals surface area contributed by atoms with Gasteiger partial charge in [0.25, 0.3) is 0 Å². The van der Waals surface area contributed by atoms with Crippen LogP contribution in [0.2, 0.25) is 0 Å². The molecule has 0 aromatic heterocycles. The zero-order valence-corrected chi connectivity index (χ0v) is 30.5. The molecule has 0 radical (unpaired) electrons. The summed E-state index contributed by atoms with van der Waals surface area (Å²) in [5.74, 6) is -0.507. The molecule has 0 saturated heterocycles. The zero-order chi connectivity index (χ0) is 36.2. The predicted octanol–water partition coefficient (Wildman–Crippen LogP) is 9.47. The molecule has 260 valence electrons. The molecule has 7 nitrogen and oxygen atoms in total. The lowest BCUT2D eigenvalue weighted by Crippen LogP contribution is -2.44. The Morgan fingerprint density at radius 3 is 1.51 bits per heavy atom. The first-order chi connectivity index (χ1) is 23.0. The quantitative estimate of drug-likeness (QED) is 0.106. The smallest absolute Gasteiger partial charge is 0.355 e. The number of carbonyl (C=O) groups excluding carboxylic acids is 1. The second-order valence-electron chi connectivity index (χ2n) is 14.0. The molecule has 49 heavy (non-hydrogen) atoms. The van der Waals surface area contributed by atoms with Gasteiger partial charge in [0, 0.05) is 17.9 Å². The van der Waals surface area contributed by atoms with E-state index in [9.17, 15) is 14.7 Å². The van der Waals surface area contributed by atoms with Crippen molar-refractivity contribution in [1.29, 1.82) is 0 Å². The van der Waals surface area contributed by atoms with Gasteiger partial charge in [-0.1, -0.05) is 96.1 Å². The van der Waals surface area contributed by atoms with Crippen molar-refractivity contribution in [2.45, 2.75) is 90.3 Å². The van der Waals surface area contributed by atoms with Crippen LogP contribution in [-0.2, 0) is 26.0 Å². The van der Waals surface area contributed by atoms with Crippen molar-refractivity contribution in [1.82, 2.24) is 0 Å². The fraction of sp³-hybridized carbons (Fsp3) is 0.381. The van der Waals surface area contributed by atoms with Gasteiger partial charge in [-0.25, -0.2) is 9.59 Å². The number of ether oxygens (including phenoxy) is 4. The highest BCUT2D eigenvalue weighted by molar-refractivity contribution is 5.92. The molecule has 4 aromatic rings. The van der Waals surface area contributed by atoms with Crippen LogP contribution >= 0.6 is 0 Å². The molecule has 0 aliphatic rings. The van der Waals surface area contributed by atoms with Crippen molar-refractivity contribution < 1.29 is 33.6 Å². The lowest BCUT2D eigenvalue weighted by atomic mass is 9.77. The lowest BCUT2D eigenvalue weighted by molar-refractivity contribution is -0.151. The average Bonchev–Trinajstić information content (AvgIpc) is 3.11. The molecule has 0 saturated carbocycles. The van der Waals surface area contributed by atoms with E-state index >= 15 is 0 Å². The molecule has 0 aliphatic heterocycles. The largest absolute Gasteiger partial charge is 0.497 e. The first kappa shape index (κ1) is 37.2. The Morgan fingerprint density at radius 1 is 0.612 bits per heavy atom. The number of carboxylic acids is 1. The first-order valence-electron chi connectivity index (χ1n) is 16.7. The third kappa shape index (κ3) is 7.67. The highest BCUT2D eigenvalue weighted by Crippen LogP contribution is 2.38. The highest BCUT2D eigenvalue weighted by atomic mass is 16.6. The van der Waals surface area contributed by atoms with E-state index in [0.29, 0.717) is 5.75 Å². The summed E-state index contributed by atoms with van der Waals surface area (Å²) < 4.78 is 23.1. The van der Waals surface area contributed by atoms with Gasteiger partial charge in [0.05, 0.1) is 12.7 Å². The van der Waals surface area contributed by atoms with E-state index in [1.165, 1.54) is 0 Å². The summed E-state index contributed by atoms with van der Waals surface area (Å²) in [5.41, 5.74) is 2.40. The molecule has 7 heteroatoms. The van der Waals surface area contributed by atoms with Crippen LogP contribution in [0, 0.1) is 0 Å². The van der Waals surface area contributed by atoms with Gasteiger partial charge in [0.1, 0.15) is 22.8 Å². The number of aromatic carboxylic acids is 1. The summed E-state index contributed by atoms with van der Waals surface area (Å²) in [5, 5.41) is 10.2. The number of methoxy groups -OCH3 is 2. The minimum absolute atomic E-state index is 0.0299. The van der Waals surface area contributed by atoms with E-state index in [-0.39, 0.29) is 28.7 Å². The molecular formula is C42H50O7. The van der Waals surface area contributed by atoms with Crippen LogP contribution in [0.5, 0.6) is 17.2 Å². The second kappa shape index (κ2) is 14.5. The van der Waals surface area contributed by atoms with Crippen LogP contribution in [0.1, 0.15) is 106 Å². The standard InChI is InChI=1S/C42H50O7/c1-11-41(7,47-10)31-15-13-28(14-16-31)40(5,6)32-21-26-36(35(27-32)37(43)44)49-42(8,12-2)38(45)48-34-24-19-30(20-25-34)39(3,4)29-17-22-33(46-9)23-18-29/h13-27H,11-12H2,1-10H3,(H,43,44). The van der Waals surface area contributed by atoms with Gasteiger partial charge < -0.3 is 24.1 Å². The summed E-state index contributed by atoms with van der Waals surface area (Å²) in [4.78, 5) is 26.1. The zero-order valence-electron chi connectivity index (χ0n) is 30.5. The third-order valence-electron chi connectivity index (χ3n) is 10.3. The first-order valence-corrected chi connectivity index (χ1v) is 16.7. The molecule has 0 bridgehead atoms.